The Balaban J connectivity index is 1.81. The second-order valence-electron chi connectivity index (χ2n) is 5.12. The summed E-state index contributed by atoms with van der Waals surface area (Å²) in [5, 5.41) is 1.06. The first-order valence-corrected chi connectivity index (χ1v) is 7.34. The molecule has 2 saturated carbocycles. The molecule has 4 heteroatoms. The molecule has 2 fully saturated rings. The summed E-state index contributed by atoms with van der Waals surface area (Å²) >= 11 is 1.58. The van der Waals surface area contributed by atoms with Crippen LogP contribution in [0.15, 0.2) is 0 Å². The van der Waals surface area contributed by atoms with E-state index in [9.17, 15) is 4.79 Å². The van der Waals surface area contributed by atoms with E-state index in [0.717, 1.165) is 41.0 Å². The van der Waals surface area contributed by atoms with Gasteiger partial charge in [-0.3, -0.25) is 4.79 Å². The van der Waals surface area contributed by atoms with E-state index in [-0.39, 0.29) is 0 Å². The predicted octanol–water partition coefficient (Wildman–Crippen LogP) is 3.07. The lowest BCUT2D eigenvalue weighted by Gasteiger charge is -2.19. The van der Waals surface area contributed by atoms with E-state index in [1.165, 1.54) is 25.7 Å². The standard InChI is InChI=1S/C13H18N2OS/c1-2-15(7-9-3-4-9)13-14-12(10-5-6-10)11(8-16)17-13/h8-10H,2-7H2,1H3. The molecule has 0 radical (unpaired) electrons. The fraction of sp³-hybridized carbons (Fsp3) is 0.692. The van der Waals surface area contributed by atoms with Crippen LogP contribution in [0, 0.1) is 5.92 Å². The molecule has 0 aromatic carbocycles. The third kappa shape index (κ3) is 2.37. The highest BCUT2D eigenvalue weighted by molar-refractivity contribution is 7.17. The van der Waals surface area contributed by atoms with Crippen molar-refractivity contribution in [1.82, 2.24) is 4.98 Å². The molecule has 2 aliphatic rings. The van der Waals surface area contributed by atoms with Crippen molar-refractivity contribution in [3.05, 3.63) is 10.6 Å². The summed E-state index contributed by atoms with van der Waals surface area (Å²) in [4.78, 5) is 19.0. The Kier molecular flexibility index (Phi) is 2.90. The molecular formula is C13H18N2OS. The molecule has 0 N–H and O–H groups in total. The lowest BCUT2D eigenvalue weighted by Crippen LogP contribution is -2.24. The minimum atomic E-state index is 0.569. The van der Waals surface area contributed by atoms with Gasteiger partial charge in [0.1, 0.15) is 0 Å². The van der Waals surface area contributed by atoms with E-state index < -0.39 is 0 Å². The van der Waals surface area contributed by atoms with Gasteiger partial charge in [0.15, 0.2) is 11.4 Å². The van der Waals surface area contributed by atoms with Gasteiger partial charge in [0.05, 0.1) is 10.6 Å². The van der Waals surface area contributed by atoms with Crippen LogP contribution in [-0.2, 0) is 0 Å². The average Bonchev–Trinajstić information content (AvgIpc) is 3.25. The summed E-state index contributed by atoms with van der Waals surface area (Å²) in [5.74, 6) is 1.43. The molecule has 1 heterocycles. The van der Waals surface area contributed by atoms with Crippen LogP contribution in [0.4, 0.5) is 5.13 Å². The van der Waals surface area contributed by atoms with Crippen molar-refractivity contribution < 1.29 is 4.79 Å². The molecule has 1 aromatic rings. The van der Waals surface area contributed by atoms with Crippen LogP contribution in [0.1, 0.15) is 53.9 Å². The van der Waals surface area contributed by atoms with Crippen molar-refractivity contribution in [1.29, 1.82) is 0 Å². The lowest BCUT2D eigenvalue weighted by atomic mass is 10.3. The molecule has 0 bridgehead atoms. The third-order valence-corrected chi connectivity index (χ3v) is 4.63. The predicted molar refractivity (Wildman–Crippen MR) is 70.1 cm³/mol. The number of thiazole rings is 1. The number of nitrogens with zero attached hydrogens (tertiary/aromatic N) is 2. The first kappa shape index (κ1) is 11.2. The average molecular weight is 250 g/mol. The fourth-order valence-corrected chi connectivity index (χ4v) is 3.19. The summed E-state index contributed by atoms with van der Waals surface area (Å²) in [7, 11) is 0. The first-order chi connectivity index (χ1) is 8.31. The summed E-state index contributed by atoms with van der Waals surface area (Å²) in [6.07, 6.45) is 6.12. The molecule has 0 atom stereocenters. The van der Waals surface area contributed by atoms with Crippen molar-refractivity contribution in [3.63, 3.8) is 0 Å². The number of carbonyl (C=O) groups excluding carboxylic acids is 1. The quantitative estimate of drug-likeness (QED) is 0.727. The van der Waals surface area contributed by atoms with Crippen molar-refractivity contribution in [2.45, 2.75) is 38.5 Å². The largest absolute Gasteiger partial charge is 0.348 e. The summed E-state index contributed by atoms with van der Waals surface area (Å²) in [6.45, 7) is 4.28. The second-order valence-corrected chi connectivity index (χ2v) is 6.13. The van der Waals surface area contributed by atoms with Gasteiger partial charge in [0.2, 0.25) is 0 Å². The van der Waals surface area contributed by atoms with Gasteiger partial charge in [-0.15, -0.1) is 0 Å². The Morgan fingerprint density at radius 2 is 2.18 bits per heavy atom. The zero-order chi connectivity index (χ0) is 11.8. The molecule has 92 valence electrons. The highest BCUT2D eigenvalue weighted by Gasteiger charge is 2.31. The molecule has 3 rings (SSSR count). The molecule has 0 unspecified atom stereocenters. The zero-order valence-corrected chi connectivity index (χ0v) is 11.0. The summed E-state index contributed by atoms with van der Waals surface area (Å²) in [6, 6.07) is 0. The number of aromatic nitrogens is 1. The van der Waals surface area contributed by atoms with Gasteiger partial charge in [-0.05, 0) is 38.5 Å². The third-order valence-electron chi connectivity index (χ3n) is 3.57. The maximum absolute atomic E-state index is 11.1. The van der Waals surface area contributed by atoms with Gasteiger partial charge in [-0.1, -0.05) is 11.3 Å². The minimum absolute atomic E-state index is 0.569. The van der Waals surface area contributed by atoms with E-state index in [4.69, 9.17) is 4.98 Å². The minimum Gasteiger partial charge on any atom is -0.348 e. The van der Waals surface area contributed by atoms with E-state index in [0.29, 0.717) is 5.92 Å². The van der Waals surface area contributed by atoms with Crippen molar-refractivity contribution in [2.24, 2.45) is 5.92 Å². The van der Waals surface area contributed by atoms with Crippen LogP contribution < -0.4 is 4.90 Å². The highest BCUT2D eigenvalue weighted by Crippen LogP contribution is 2.44. The van der Waals surface area contributed by atoms with Gasteiger partial charge < -0.3 is 4.90 Å². The Morgan fingerprint density at radius 3 is 2.71 bits per heavy atom. The van der Waals surface area contributed by atoms with Gasteiger partial charge in [0.25, 0.3) is 0 Å². The topological polar surface area (TPSA) is 33.2 Å². The van der Waals surface area contributed by atoms with E-state index in [1.54, 1.807) is 11.3 Å². The fourth-order valence-electron chi connectivity index (χ4n) is 2.16. The SMILES string of the molecule is CCN(CC1CC1)c1nc(C2CC2)c(C=O)s1. The first-order valence-electron chi connectivity index (χ1n) is 6.52. The number of hydrogen-bond donors (Lipinski definition) is 0. The lowest BCUT2D eigenvalue weighted by molar-refractivity contribution is 0.112. The molecule has 17 heavy (non-hydrogen) atoms. The van der Waals surface area contributed by atoms with Crippen molar-refractivity contribution >= 4 is 22.8 Å². The van der Waals surface area contributed by atoms with Crippen molar-refractivity contribution in [2.75, 3.05) is 18.0 Å². The highest BCUT2D eigenvalue weighted by atomic mass is 32.1. The van der Waals surface area contributed by atoms with Gasteiger partial charge in [-0.2, -0.15) is 0 Å². The number of aldehydes is 1. The Morgan fingerprint density at radius 1 is 1.41 bits per heavy atom. The molecule has 3 nitrogen and oxygen atoms in total. The van der Waals surface area contributed by atoms with Crippen LogP contribution in [0.5, 0.6) is 0 Å². The molecule has 0 spiro atoms. The Labute approximate surface area is 106 Å². The Bertz CT molecular complexity index is 421. The van der Waals surface area contributed by atoms with Gasteiger partial charge in [-0.25, -0.2) is 4.98 Å². The molecule has 0 amide bonds. The number of anilines is 1. The number of hydrogen-bond acceptors (Lipinski definition) is 4. The van der Waals surface area contributed by atoms with Gasteiger partial charge >= 0.3 is 0 Å². The van der Waals surface area contributed by atoms with Crippen LogP contribution >= 0.6 is 11.3 Å². The molecule has 1 aromatic heterocycles. The normalized spacial score (nSPS) is 19.4. The summed E-state index contributed by atoms with van der Waals surface area (Å²) < 4.78 is 0. The number of rotatable bonds is 6. The maximum Gasteiger partial charge on any atom is 0.186 e. The van der Waals surface area contributed by atoms with Gasteiger partial charge in [0, 0.05) is 19.0 Å². The van der Waals surface area contributed by atoms with Crippen LogP contribution in [0.2, 0.25) is 0 Å². The molecular weight excluding hydrogens is 232 g/mol. The maximum atomic E-state index is 11.1. The van der Waals surface area contributed by atoms with Crippen LogP contribution in [-0.4, -0.2) is 24.4 Å². The van der Waals surface area contributed by atoms with Crippen LogP contribution in [0.3, 0.4) is 0 Å². The molecule has 0 aliphatic heterocycles. The smallest absolute Gasteiger partial charge is 0.186 e. The molecule has 2 aliphatic carbocycles. The van der Waals surface area contributed by atoms with E-state index in [1.807, 2.05) is 0 Å². The number of carbonyl (C=O) groups is 1. The van der Waals surface area contributed by atoms with E-state index in [2.05, 4.69) is 11.8 Å². The van der Waals surface area contributed by atoms with E-state index >= 15 is 0 Å². The second kappa shape index (κ2) is 4.41. The molecule has 0 saturated heterocycles. The van der Waals surface area contributed by atoms with Crippen LogP contribution in [0.25, 0.3) is 0 Å². The Hall–Kier alpha value is -0.900. The monoisotopic (exact) mass is 250 g/mol. The summed E-state index contributed by atoms with van der Waals surface area (Å²) in [5.41, 5.74) is 1.06. The zero-order valence-electron chi connectivity index (χ0n) is 10.2. The van der Waals surface area contributed by atoms with Crippen molar-refractivity contribution in [3.8, 4) is 0 Å².